The van der Waals surface area contributed by atoms with Crippen LogP contribution in [0.4, 0.5) is 0 Å². The third-order valence-corrected chi connectivity index (χ3v) is 1.32. The molecule has 1 aliphatic rings. The van der Waals surface area contributed by atoms with E-state index < -0.39 is 12.2 Å². The van der Waals surface area contributed by atoms with Gasteiger partial charge in [-0.05, 0) is 12.5 Å². The molecule has 2 heteroatoms. The number of hydrogen-bond acceptors (Lipinski definition) is 2. The van der Waals surface area contributed by atoms with Gasteiger partial charge in [0.2, 0.25) is 0 Å². The topological polar surface area (TPSA) is 40.5 Å². The van der Waals surface area contributed by atoms with Gasteiger partial charge in [-0.25, -0.2) is 0 Å². The van der Waals surface area contributed by atoms with Gasteiger partial charge in [-0.15, -0.1) is 0 Å². The highest BCUT2D eigenvalue weighted by molar-refractivity contribution is 5.23. The van der Waals surface area contributed by atoms with Crippen molar-refractivity contribution in [1.82, 2.24) is 0 Å². The molecule has 0 saturated heterocycles. The summed E-state index contributed by atoms with van der Waals surface area (Å²) >= 11 is 0. The van der Waals surface area contributed by atoms with Crippen LogP contribution in [0.1, 0.15) is 8.29 Å². The molecule has 0 aromatic heterocycles. The van der Waals surface area contributed by atoms with Crippen LogP contribution in [0.3, 0.4) is 0 Å². The van der Waals surface area contributed by atoms with Gasteiger partial charge in [0.1, 0.15) is 12.2 Å². The molecule has 0 spiro atoms. The molecule has 50 valence electrons. The average Bonchev–Trinajstić information content (AvgIpc) is 1.84. The van der Waals surface area contributed by atoms with Crippen LogP contribution < -0.4 is 0 Å². The predicted octanol–water partition coefficient (Wildman–Crippen LogP) is 0.224. The highest BCUT2D eigenvalue weighted by Gasteiger charge is 2.16. The van der Waals surface area contributed by atoms with E-state index in [1.165, 1.54) is 6.08 Å². The Balaban J connectivity index is 2.93. The minimum Gasteiger partial charge on any atom is -0.386 e. The first-order chi connectivity index (χ1) is 4.55. The molecule has 0 aromatic rings. The third kappa shape index (κ3) is 1.20. The summed E-state index contributed by atoms with van der Waals surface area (Å²) in [5, 5.41) is 18.3. The summed E-state index contributed by atoms with van der Waals surface area (Å²) in [4.78, 5) is 0. The monoisotopic (exact) mass is 127 g/mol. The summed E-state index contributed by atoms with van der Waals surface area (Å²) in [6.45, 7) is 1.61. The van der Waals surface area contributed by atoms with E-state index in [1.807, 2.05) is 0 Å². The second-order valence-electron chi connectivity index (χ2n) is 2.06. The van der Waals surface area contributed by atoms with E-state index in [2.05, 4.69) is 0 Å². The van der Waals surface area contributed by atoms with Crippen molar-refractivity contribution in [3.05, 3.63) is 23.8 Å². The highest BCUT2D eigenvalue weighted by Crippen LogP contribution is 2.11. The molecule has 9 heavy (non-hydrogen) atoms. The van der Waals surface area contributed by atoms with Crippen LogP contribution in [-0.4, -0.2) is 22.4 Å². The Morgan fingerprint density at radius 3 is 2.78 bits per heavy atom. The summed E-state index contributed by atoms with van der Waals surface area (Å²) in [6.07, 6.45) is 1.70. The Bertz CT molecular complexity index is 194. The van der Waals surface area contributed by atoms with E-state index >= 15 is 0 Å². The van der Waals surface area contributed by atoms with Crippen LogP contribution >= 0.6 is 0 Å². The Morgan fingerprint density at radius 1 is 1.67 bits per heavy atom. The first-order valence-corrected chi connectivity index (χ1v) is 2.81. The van der Waals surface area contributed by atoms with Gasteiger partial charge < -0.3 is 10.2 Å². The van der Waals surface area contributed by atoms with E-state index in [9.17, 15) is 5.11 Å². The van der Waals surface area contributed by atoms with E-state index in [-0.39, 0.29) is 0 Å². The molecule has 2 N–H and O–H groups in total. The molecule has 0 aliphatic heterocycles. The Morgan fingerprint density at radius 2 is 2.33 bits per heavy atom. The van der Waals surface area contributed by atoms with Gasteiger partial charge in [0.15, 0.2) is 0 Å². The Kier molecular flexibility index (Phi) is 1.35. The normalized spacial score (nSPS) is 44.1. The molecule has 0 radical (unpaired) electrons. The van der Waals surface area contributed by atoms with Gasteiger partial charge >= 0.3 is 0 Å². The number of hydrogen-bond donors (Lipinski definition) is 2. The first kappa shape index (κ1) is 5.21. The van der Waals surface area contributed by atoms with Crippen LogP contribution in [-0.2, 0) is 0 Å². The third-order valence-electron chi connectivity index (χ3n) is 1.32. The van der Waals surface area contributed by atoms with Gasteiger partial charge in [-0.2, -0.15) is 0 Å². The molecule has 0 fully saturated rings. The van der Waals surface area contributed by atoms with E-state index in [1.54, 1.807) is 19.1 Å². The molecule has 0 heterocycles. The van der Waals surface area contributed by atoms with Crippen LogP contribution in [0.15, 0.2) is 23.8 Å². The summed E-state index contributed by atoms with van der Waals surface area (Å²) in [7, 11) is 0. The van der Waals surface area contributed by atoms with Crippen molar-refractivity contribution >= 4 is 0 Å². The molecule has 1 aliphatic carbocycles. The zero-order valence-electron chi connectivity index (χ0n) is 6.20. The minimum atomic E-state index is -1.82. The quantitative estimate of drug-likeness (QED) is 0.489. The lowest BCUT2D eigenvalue weighted by molar-refractivity contribution is 0.0716. The van der Waals surface area contributed by atoms with E-state index in [0.29, 0.717) is 5.57 Å². The van der Waals surface area contributed by atoms with Gasteiger partial charge in [-0.1, -0.05) is 18.2 Å². The van der Waals surface area contributed by atoms with Crippen LogP contribution in [0.25, 0.3) is 0 Å². The van der Waals surface area contributed by atoms with Crippen molar-refractivity contribution < 1.29 is 11.6 Å². The molecule has 1 rings (SSSR count). The molecule has 0 saturated carbocycles. The minimum absolute atomic E-state index is 0.461. The van der Waals surface area contributed by atoms with E-state index in [4.69, 9.17) is 6.48 Å². The molecular weight excluding hydrogens is 116 g/mol. The molecule has 2 atom stereocenters. The van der Waals surface area contributed by atoms with Crippen molar-refractivity contribution in [3.63, 3.8) is 0 Å². The first-order valence-electron chi connectivity index (χ1n) is 3.31. The summed E-state index contributed by atoms with van der Waals surface area (Å²) in [6, 6.07) is 0. The summed E-state index contributed by atoms with van der Waals surface area (Å²) < 4.78 is 7.22. The van der Waals surface area contributed by atoms with Gasteiger partial charge in [0.05, 0.1) is 1.37 Å². The Labute approximate surface area is 55.5 Å². The summed E-state index contributed by atoms with van der Waals surface area (Å²) in [5.41, 5.74) is 0.461. The fourth-order valence-electron chi connectivity index (χ4n) is 0.715. The fourth-order valence-corrected chi connectivity index (χ4v) is 0.715. The predicted molar refractivity (Wildman–Crippen MR) is 34.9 cm³/mol. The molecule has 0 amide bonds. The second kappa shape index (κ2) is 2.33. The largest absolute Gasteiger partial charge is 0.386 e. The SMILES string of the molecule is [2H][C@]1(O)C(C)=CC=C[C@H]1O. The van der Waals surface area contributed by atoms with Crippen molar-refractivity contribution in [1.29, 1.82) is 0 Å². The maximum atomic E-state index is 9.21. The Hall–Kier alpha value is -0.600. The molecular formula is C7H10O2. The van der Waals surface area contributed by atoms with Gasteiger partial charge in [0, 0.05) is 0 Å². The van der Waals surface area contributed by atoms with Crippen molar-refractivity contribution in [2.75, 3.05) is 0 Å². The molecule has 0 bridgehead atoms. The summed E-state index contributed by atoms with van der Waals surface area (Å²) in [5.74, 6) is 0. The second-order valence-corrected chi connectivity index (χ2v) is 2.06. The zero-order valence-corrected chi connectivity index (χ0v) is 5.20. The zero-order chi connectivity index (χ0) is 7.78. The lowest BCUT2D eigenvalue weighted by Crippen LogP contribution is -2.26. The van der Waals surface area contributed by atoms with E-state index in [0.717, 1.165) is 0 Å². The maximum absolute atomic E-state index is 9.21. The number of aliphatic hydroxyl groups is 2. The number of rotatable bonds is 0. The molecule has 0 aromatic carbocycles. The van der Waals surface area contributed by atoms with Crippen LogP contribution in [0, 0.1) is 0 Å². The fraction of sp³-hybridized carbons (Fsp3) is 0.429. The standard InChI is InChI=1S/C7H10O2/c1-5-3-2-4-6(8)7(5)9/h2-4,6-9H,1H3/t6-,7+/m1/s1/i7D. The van der Waals surface area contributed by atoms with Crippen molar-refractivity contribution in [3.8, 4) is 0 Å². The smallest absolute Gasteiger partial charge is 0.105 e. The van der Waals surface area contributed by atoms with Gasteiger partial charge in [0.25, 0.3) is 0 Å². The maximum Gasteiger partial charge on any atom is 0.105 e. The lowest BCUT2D eigenvalue weighted by Gasteiger charge is -2.17. The lowest BCUT2D eigenvalue weighted by atomic mass is 10.0. The molecule has 2 nitrogen and oxygen atoms in total. The van der Waals surface area contributed by atoms with Gasteiger partial charge in [-0.3, -0.25) is 0 Å². The number of aliphatic hydroxyl groups excluding tert-OH is 1. The van der Waals surface area contributed by atoms with Crippen LogP contribution in [0.5, 0.6) is 0 Å². The van der Waals surface area contributed by atoms with Crippen molar-refractivity contribution in [2.45, 2.75) is 19.1 Å². The van der Waals surface area contributed by atoms with Crippen LogP contribution in [0.2, 0.25) is 0 Å². The van der Waals surface area contributed by atoms with Crippen molar-refractivity contribution in [2.24, 2.45) is 0 Å². The molecule has 0 unspecified atom stereocenters. The average molecular weight is 127 g/mol. The number of allylic oxidation sites excluding steroid dienone is 2. The highest BCUT2D eigenvalue weighted by atomic mass is 16.3.